The van der Waals surface area contributed by atoms with Crippen LogP contribution in [0.2, 0.25) is 0 Å². The van der Waals surface area contributed by atoms with Gasteiger partial charge in [0.2, 0.25) is 0 Å². The van der Waals surface area contributed by atoms with E-state index in [1.54, 1.807) is 11.3 Å². The number of halogens is 2. The lowest BCUT2D eigenvalue weighted by Crippen LogP contribution is -1.85. The summed E-state index contributed by atoms with van der Waals surface area (Å²) in [4.78, 5) is 1.12. The Kier molecular flexibility index (Phi) is 2.68. The van der Waals surface area contributed by atoms with E-state index in [2.05, 4.69) is 42.1 Å². The molecule has 0 saturated heterocycles. The monoisotopic (exact) mass is 335 g/mol. The number of hydrogen-bond donors (Lipinski definition) is 2. The Morgan fingerprint density at radius 2 is 2.21 bits per heavy atom. The van der Waals surface area contributed by atoms with E-state index in [0.717, 1.165) is 24.4 Å². The van der Waals surface area contributed by atoms with Crippen molar-refractivity contribution >= 4 is 49.0 Å². The van der Waals surface area contributed by atoms with Gasteiger partial charge in [0.05, 0.1) is 14.4 Å². The first-order valence-corrected chi connectivity index (χ1v) is 6.25. The molecule has 0 fully saturated rings. The number of H-pyrrole nitrogens is 1. The van der Waals surface area contributed by atoms with Gasteiger partial charge in [-0.2, -0.15) is 5.10 Å². The fraction of sp³-hybridized carbons (Fsp3) is 0.125. The molecule has 0 saturated carbocycles. The largest absolute Gasteiger partial charge is 0.382 e. The van der Waals surface area contributed by atoms with Crippen LogP contribution < -0.4 is 5.73 Å². The Hall–Kier alpha value is -0.330. The molecule has 3 nitrogen and oxygen atoms in total. The van der Waals surface area contributed by atoms with Crippen molar-refractivity contribution < 1.29 is 0 Å². The van der Waals surface area contributed by atoms with Gasteiger partial charge in [-0.3, -0.25) is 5.10 Å². The van der Waals surface area contributed by atoms with E-state index in [-0.39, 0.29) is 0 Å². The van der Waals surface area contributed by atoms with Gasteiger partial charge in [0, 0.05) is 10.0 Å². The summed E-state index contributed by atoms with van der Waals surface area (Å²) in [6, 6.07) is 2.04. The zero-order valence-electron chi connectivity index (χ0n) is 7.27. The molecular weight excluding hydrogens is 330 g/mol. The van der Waals surface area contributed by atoms with Crippen LogP contribution in [0.4, 0.5) is 5.82 Å². The molecule has 0 atom stereocenters. The molecule has 0 aliphatic rings. The van der Waals surface area contributed by atoms with Gasteiger partial charge >= 0.3 is 0 Å². The SMILES string of the molecule is Cc1c(N)n[nH]c1-c1cc(Br)c(Br)s1. The maximum absolute atomic E-state index is 5.66. The lowest BCUT2D eigenvalue weighted by atomic mass is 10.2. The number of aromatic amines is 1. The van der Waals surface area contributed by atoms with Crippen molar-refractivity contribution in [2.24, 2.45) is 0 Å². The molecule has 0 spiro atoms. The third kappa shape index (κ3) is 1.62. The molecule has 0 aliphatic heterocycles. The predicted molar refractivity (Wildman–Crippen MR) is 66.5 cm³/mol. The number of nitrogens with zero attached hydrogens (tertiary/aromatic N) is 1. The van der Waals surface area contributed by atoms with E-state index >= 15 is 0 Å². The molecule has 2 heterocycles. The molecule has 2 aromatic rings. The molecule has 0 radical (unpaired) electrons. The van der Waals surface area contributed by atoms with Crippen molar-refractivity contribution in [3.05, 3.63) is 19.9 Å². The fourth-order valence-corrected chi connectivity index (χ4v) is 3.21. The molecule has 14 heavy (non-hydrogen) atoms. The molecule has 2 rings (SSSR count). The van der Waals surface area contributed by atoms with Gasteiger partial charge in [-0.25, -0.2) is 0 Å². The second-order valence-electron chi connectivity index (χ2n) is 2.84. The number of hydrogen-bond acceptors (Lipinski definition) is 3. The first-order chi connectivity index (χ1) is 6.59. The minimum absolute atomic E-state index is 0.556. The minimum Gasteiger partial charge on any atom is -0.382 e. The van der Waals surface area contributed by atoms with Crippen molar-refractivity contribution in [2.75, 3.05) is 5.73 Å². The van der Waals surface area contributed by atoms with E-state index < -0.39 is 0 Å². The van der Waals surface area contributed by atoms with Gasteiger partial charge in [0.25, 0.3) is 0 Å². The molecule has 0 aromatic carbocycles. The van der Waals surface area contributed by atoms with E-state index in [1.165, 1.54) is 0 Å². The summed E-state index contributed by atoms with van der Waals surface area (Å²) >= 11 is 8.53. The van der Waals surface area contributed by atoms with Crippen LogP contribution in [0.15, 0.2) is 14.3 Å². The molecule has 74 valence electrons. The van der Waals surface area contributed by atoms with Crippen molar-refractivity contribution in [1.29, 1.82) is 0 Å². The average molecular weight is 337 g/mol. The Balaban J connectivity index is 2.54. The summed E-state index contributed by atoms with van der Waals surface area (Å²) in [6.45, 7) is 1.95. The van der Waals surface area contributed by atoms with Crippen molar-refractivity contribution in [1.82, 2.24) is 10.2 Å². The molecule has 0 aliphatic carbocycles. The number of rotatable bonds is 1. The summed E-state index contributed by atoms with van der Waals surface area (Å²) < 4.78 is 2.12. The Morgan fingerprint density at radius 3 is 2.64 bits per heavy atom. The summed E-state index contributed by atoms with van der Waals surface area (Å²) in [5.41, 5.74) is 7.64. The highest BCUT2D eigenvalue weighted by atomic mass is 79.9. The Bertz CT molecular complexity index is 455. The van der Waals surface area contributed by atoms with Crippen LogP contribution in [-0.4, -0.2) is 10.2 Å². The number of anilines is 1. The number of thiophene rings is 1. The van der Waals surface area contributed by atoms with Crippen LogP contribution in [0.1, 0.15) is 5.56 Å². The summed E-state index contributed by atoms with van der Waals surface area (Å²) in [6.07, 6.45) is 0. The second-order valence-corrected chi connectivity index (χ2v) is 6.07. The highest BCUT2D eigenvalue weighted by Crippen LogP contribution is 2.39. The zero-order chi connectivity index (χ0) is 10.3. The smallest absolute Gasteiger partial charge is 0.148 e. The van der Waals surface area contributed by atoms with E-state index in [4.69, 9.17) is 5.73 Å². The van der Waals surface area contributed by atoms with E-state index in [1.807, 2.05) is 13.0 Å². The molecule has 0 unspecified atom stereocenters. The van der Waals surface area contributed by atoms with E-state index in [9.17, 15) is 0 Å². The average Bonchev–Trinajstić information content (AvgIpc) is 2.61. The topological polar surface area (TPSA) is 54.7 Å². The molecule has 3 N–H and O–H groups in total. The normalized spacial score (nSPS) is 10.8. The number of aromatic nitrogens is 2. The standard InChI is InChI=1S/C8H7Br2N3S/c1-3-6(12-13-8(3)11)5-2-4(9)7(10)14-5/h2H,1H3,(H3,11,12,13). The van der Waals surface area contributed by atoms with Crippen LogP contribution in [0.3, 0.4) is 0 Å². The number of nitrogens with one attached hydrogen (secondary N) is 1. The summed E-state index contributed by atoms with van der Waals surface area (Å²) in [5.74, 6) is 0.556. The van der Waals surface area contributed by atoms with E-state index in [0.29, 0.717) is 5.82 Å². The van der Waals surface area contributed by atoms with Crippen LogP contribution in [-0.2, 0) is 0 Å². The third-order valence-electron chi connectivity index (χ3n) is 1.94. The molecule has 0 amide bonds. The molecule has 6 heteroatoms. The number of nitrogens with two attached hydrogens (primary N) is 1. The quantitative estimate of drug-likeness (QED) is 0.836. The molecular formula is C8H7Br2N3S. The van der Waals surface area contributed by atoms with Gasteiger partial charge in [-0.1, -0.05) is 0 Å². The third-order valence-corrected chi connectivity index (χ3v) is 5.21. The highest BCUT2D eigenvalue weighted by Gasteiger charge is 2.12. The van der Waals surface area contributed by atoms with Crippen LogP contribution in [0.5, 0.6) is 0 Å². The molecule has 2 aromatic heterocycles. The summed E-state index contributed by atoms with van der Waals surface area (Å²) in [7, 11) is 0. The maximum Gasteiger partial charge on any atom is 0.148 e. The van der Waals surface area contributed by atoms with Gasteiger partial charge < -0.3 is 5.73 Å². The minimum atomic E-state index is 0.556. The Morgan fingerprint density at radius 1 is 1.50 bits per heavy atom. The van der Waals surface area contributed by atoms with Crippen molar-refractivity contribution in [3.8, 4) is 10.6 Å². The second kappa shape index (κ2) is 3.67. The van der Waals surface area contributed by atoms with Crippen LogP contribution in [0.25, 0.3) is 10.6 Å². The van der Waals surface area contributed by atoms with Gasteiger partial charge in [-0.05, 0) is 44.8 Å². The zero-order valence-corrected chi connectivity index (χ0v) is 11.3. The van der Waals surface area contributed by atoms with Crippen LogP contribution in [0, 0.1) is 6.92 Å². The highest BCUT2D eigenvalue weighted by molar-refractivity contribution is 9.13. The fourth-order valence-electron chi connectivity index (χ4n) is 1.12. The number of nitrogen functional groups attached to an aromatic ring is 1. The first-order valence-electron chi connectivity index (χ1n) is 3.85. The summed E-state index contributed by atoms with van der Waals surface area (Å²) in [5, 5.41) is 6.88. The predicted octanol–water partition coefficient (Wildman–Crippen LogP) is 3.55. The Labute approximate surface area is 102 Å². The van der Waals surface area contributed by atoms with Gasteiger partial charge in [-0.15, -0.1) is 11.3 Å². The lowest BCUT2D eigenvalue weighted by molar-refractivity contribution is 1.11. The van der Waals surface area contributed by atoms with Gasteiger partial charge in [0.15, 0.2) is 0 Å². The van der Waals surface area contributed by atoms with Gasteiger partial charge in [0.1, 0.15) is 5.82 Å². The molecule has 0 bridgehead atoms. The lowest BCUT2D eigenvalue weighted by Gasteiger charge is -1.92. The first kappa shape index (κ1) is 10.2. The maximum atomic E-state index is 5.66. The van der Waals surface area contributed by atoms with Crippen molar-refractivity contribution in [3.63, 3.8) is 0 Å². The van der Waals surface area contributed by atoms with Crippen LogP contribution >= 0.6 is 43.2 Å². The van der Waals surface area contributed by atoms with Crippen molar-refractivity contribution in [2.45, 2.75) is 6.92 Å².